The lowest BCUT2D eigenvalue weighted by atomic mass is 9.97. The highest BCUT2D eigenvalue weighted by Crippen LogP contribution is 2.30. The highest BCUT2D eigenvalue weighted by molar-refractivity contribution is 6.37. The van der Waals surface area contributed by atoms with Crippen molar-refractivity contribution < 1.29 is 19.1 Å². The van der Waals surface area contributed by atoms with E-state index in [9.17, 15) is 9.59 Å². The first-order valence-corrected chi connectivity index (χ1v) is 14.2. The van der Waals surface area contributed by atoms with Crippen molar-refractivity contribution in [3.8, 4) is 23.1 Å². The van der Waals surface area contributed by atoms with E-state index in [-0.39, 0.29) is 17.6 Å². The number of H-pyrrole nitrogens is 2. The van der Waals surface area contributed by atoms with Crippen LogP contribution in [0.15, 0.2) is 36.7 Å². The highest BCUT2D eigenvalue weighted by Gasteiger charge is 2.36. The number of aromatic nitrogens is 4. The number of hydrogen-bond acceptors (Lipinski definition) is 8. The van der Waals surface area contributed by atoms with Crippen LogP contribution in [0.25, 0.3) is 11.3 Å². The molecule has 0 spiro atoms. The lowest BCUT2D eigenvalue weighted by Gasteiger charge is -2.23. The van der Waals surface area contributed by atoms with Crippen LogP contribution in [0, 0.1) is 22.7 Å². The van der Waals surface area contributed by atoms with Crippen LogP contribution < -0.4 is 5.32 Å². The van der Waals surface area contributed by atoms with Gasteiger partial charge in [0.05, 0.1) is 35.3 Å². The number of hydrogen-bond donors (Lipinski definition) is 4. The van der Waals surface area contributed by atoms with Gasteiger partial charge in [0.25, 0.3) is 0 Å². The molecule has 3 aromatic rings. The maximum Gasteiger partial charge on any atom is 0.353 e. The van der Waals surface area contributed by atoms with Crippen molar-refractivity contribution in [2.75, 3.05) is 6.54 Å². The minimum Gasteiger partial charge on any atom is -0.455 e. The van der Waals surface area contributed by atoms with Gasteiger partial charge in [-0.05, 0) is 84.5 Å². The van der Waals surface area contributed by atoms with Crippen molar-refractivity contribution in [2.24, 2.45) is 5.41 Å². The van der Waals surface area contributed by atoms with E-state index < -0.39 is 29.1 Å². The third-order valence-corrected chi connectivity index (χ3v) is 6.80. The van der Waals surface area contributed by atoms with E-state index in [1.54, 1.807) is 33.2 Å². The van der Waals surface area contributed by atoms with Gasteiger partial charge in [-0.25, -0.2) is 14.8 Å². The lowest BCUT2D eigenvalue weighted by Crippen LogP contribution is -2.36. The number of nitrogens with zero attached hydrogens (tertiary/aromatic N) is 2. The van der Waals surface area contributed by atoms with Gasteiger partial charge in [0.1, 0.15) is 28.7 Å². The Balaban J connectivity index is 1.41. The van der Waals surface area contributed by atoms with Crippen molar-refractivity contribution in [3.05, 3.63) is 59.6 Å². The van der Waals surface area contributed by atoms with Gasteiger partial charge < -0.3 is 19.4 Å². The summed E-state index contributed by atoms with van der Waals surface area (Å²) >= 11 is 0. The number of imidazole rings is 2. The zero-order chi connectivity index (χ0) is 30.7. The van der Waals surface area contributed by atoms with Crippen molar-refractivity contribution in [1.82, 2.24) is 25.3 Å². The van der Waals surface area contributed by atoms with Crippen molar-refractivity contribution in [3.63, 3.8) is 0 Å². The van der Waals surface area contributed by atoms with Crippen molar-refractivity contribution >= 4 is 17.7 Å². The summed E-state index contributed by atoms with van der Waals surface area (Å²) in [6.45, 7) is 13.5. The van der Waals surface area contributed by atoms with Gasteiger partial charge in [-0.1, -0.05) is 25.0 Å². The Morgan fingerprint density at radius 2 is 1.76 bits per heavy atom. The molecule has 0 amide bonds. The monoisotopic (exact) mass is 572 g/mol. The van der Waals surface area contributed by atoms with Gasteiger partial charge >= 0.3 is 11.9 Å². The van der Waals surface area contributed by atoms with E-state index in [2.05, 4.69) is 37.1 Å². The summed E-state index contributed by atoms with van der Waals surface area (Å²) in [6, 6.07) is 7.80. The van der Waals surface area contributed by atoms with Gasteiger partial charge in [-0.15, -0.1) is 0 Å². The number of rotatable bonds is 7. The largest absolute Gasteiger partial charge is 0.455 e. The first kappa shape index (κ1) is 30.7. The number of carbonyl (C=O) groups is 2. The quantitative estimate of drug-likeness (QED) is 0.176. The molecule has 1 unspecified atom stereocenters. The van der Waals surface area contributed by atoms with Crippen LogP contribution >= 0.6 is 0 Å². The predicted octanol–water partition coefficient (Wildman–Crippen LogP) is 5.05. The maximum absolute atomic E-state index is 12.4. The second kappa shape index (κ2) is 12.3. The molecule has 10 nitrogen and oxygen atoms in total. The normalized spacial score (nSPS) is 17.7. The molecule has 0 saturated carbocycles. The molecule has 1 aliphatic heterocycles. The Morgan fingerprint density at radius 3 is 2.40 bits per heavy atom. The van der Waals surface area contributed by atoms with Crippen LogP contribution in [0.5, 0.6) is 0 Å². The molecule has 4 N–H and O–H groups in total. The van der Waals surface area contributed by atoms with Crippen molar-refractivity contribution in [1.29, 1.82) is 5.41 Å². The van der Waals surface area contributed by atoms with E-state index in [0.29, 0.717) is 17.9 Å². The maximum atomic E-state index is 12.4. The lowest BCUT2D eigenvalue weighted by molar-refractivity contribution is -0.160. The fourth-order valence-corrected chi connectivity index (χ4v) is 4.50. The Hall–Kier alpha value is -4.23. The number of benzene rings is 1. The van der Waals surface area contributed by atoms with Crippen LogP contribution in [0.2, 0.25) is 0 Å². The fraction of sp³-hybridized carbons (Fsp3) is 0.469. The molecule has 4 rings (SSSR count). The Labute approximate surface area is 246 Å². The van der Waals surface area contributed by atoms with Crippen LogP contribution in [0.1, 0.15) is 96.0 Å². The fourth-order valence-electron chi connectivity index (χ4n) is 4.50. The van der Waals surface area contributed by atoms with E-state index in [1.165, 1.54) is 0 Å². The summed E-state index contributed by atoms with van der Waals surface area (Å²) < 4.78 is 11.1. The molecule has 3 heterocycles. The molecule has 1 fully saturated rings. The highest BCUT2D eigenvalue weighted by atomic mass is 16.6. The SMILES string of the molecule is CC[C@@H](C(=N)C(=O)OC(C)(C)C)c1ncc(C#Cc2ccc(-c3cnc([C@@H]4CCNC4OC(=O)C(C)(C)C)[nH]3)cc2)[nH]1. The Bertz CT molecular complexity index is 1490. The van der Waals surface area contributed by atoms with Gasteiger partial charge in [-0.2, -0.15) is 0 Å². The topological polar surface area (TPSA) is 146 Å². The summed E-state index contributed by atoms with van der Waals surface area (Å²) in [4.78, 5) is 40.3. The van der Waals surface area contributed by atoms with Gasteiger partial charge in [0.2, 0.25) is 0 Å². The average molecular weight is 573 g/mol. The standard InChI is InChI=1S/C32H40N6O4/c1-8-22(25(33)29(39)42-32(5,6)7)26-35-17-21(37-26)14-11-19-9-12-20(13-10-19)24-18-36-27(38-24)23-15-16-34-28(23)41-30(40)31(2,3)4/h9-10,12-13,17-18,22-23,28,33-34H,8,15-16H2,1-7H3,(H,35,37)(H,36,38)/t22-,23-,28?/m0/s1. The Kier molecular flexibility index (Phi) is 9.02. The first-order valence-electron chi connectivity index (χ1n) is 14.2. The van der Waals surface area contributed by atoms with Crippen LogP contribution in [-0.2, 0) is 19.1 Å². The zero-order valence-corrected chi connectivity index (χ0v) is 25.3. The molecule has 10 heteroatoms. The summed E-state index contributed by atoms with van der Waals surface area (Å²) in [7, 11) is 0. The predicted molar refractivity (Wildman–Crippen MR) is 160 cm³/mol. The summed E-state index contributed by atoms with van der Waals surface area (Å²) in [5, 5.41) is 11.6. The minimum absolute atomic E-state index is 0.0466. The molecule has 1 saturated heterocycles. The summed E-state index contributed by atoms with van der Waals surface area (Å²) in [5.41, 5.74) is 1.86. The first-order chi connectivity index (χ1) is 19.7. The molecule has 0 bridgehead atoms. The second-order valence-corrected chi connectivity index (χ2v) is 12.5. The third kappa shape index (κ3) is 7.53. The molecule has 1 aromatic carbocycles. The van der Waals surface area contributed by atoms with Crippen molar-refractivity contribution in [2.45, 2.75) is 85.0 Å². The molecule has 222 valence electrons. The minimum atomic E-state index is -0.671. The van der Waals surface area contributed by atoms with Crippen LogP contribution in [0.3, 0.4) is 0 Å². The van der Waals surface area contributed by atoms with E-state index in [4.69, 9.17) is 14.9 Å². The number of aromatic amines is 2. The molecule has 1 aliphatic rings. The molecule has 3 atom stereocenters. The van der Waals surface area contributed by atoms with E-state index in [1.807, 2.05) is 52.0 Å². The molecular weight excluding hydrogens is 532 g/mol. The Morgan fingerprint density at radius 1 is 1.05 bits per heavy atom. The third-order valence-electron chi connectivity index (χ3n) is 6.80. The smallest absolute Gasteiger partial charge is 0.353 e. The van der Waals surface area contributed by atoms with Crippen LogP contribution in [0.4, 0.5) is 0 Å². The number of esters is 2. The number of nitrogens with one attached hydrogen (secondary N) is 4. The number of carbonyl (C=O) groups excluding carboxylic acids is 2. The zero-order valence-electron chi connectivity index (χ0n) is 25.3. The second-order valence-electron chi connectivity index (χ2n) is 12.5. The summed E-state index contributed by atoms with van der Waals surface area (Å²) in [6.07, 6.45) is 4.33. The molecule has 0 radical (unpaired) electrons. The molecule has 2 aromatic heterocycles. The summed E-state index contributed by atoms with van der Waals surface area (Å²) in [5.74, 6) is 6.06. The average Bonchev–Trinajstić information content (AvgIpc) is 3.68. The molecule has 0 aliphatic carbocycles. The van der Waals surface area contributed by atoms with E-state index >= 15 is 0 Å². The molecular formula is C32H40N6O4. The van der Waals surface area contributed by atoms with Gasteiger partial charge in [-0.3, -0.25) is 15.5 Å². The van der Waals surface area contributed by atoms with Gasteiger partial charge in [0, 0.05) is 5.56 Å². The van der Waals surface area contributed by atoms with E-state index in [0.717, 1.165) is 35.6 Å². The van der Waals surface area contributed by atoms with Crippen LogP contribution in [-0.4, -0.2) is 56.0 Å². The number of ether oxygens (including phenoxy) is 2. The molecule has 42 heavy (non-hydrogen) atoms. The van der Waals surface area contributed by atoms with Gasteiger partial charge in [0.15, 0.2) is 6.23 Å².